The van der Waals surface area contributed by atoms with E-state index < -0.39 is 0 Å². The molecule has 1 aliphatic heterocycles. The van der Waals surface area contributed by atoms with E-state index in [1.165, 1.54) is 9.13 Å². The summed E-state index contributed by atoms with van der Waals surface area (Å²) in [6, 6.07) is 29.4. The summed E-state index contributed by atoms with van der Waals surface area (Å²) in [6.45, 7) is 1.57. The molecule has 0 unspecified atom stereocenters. The Morgan fingerprint density at radius 2 is 1.75 bits per heavy atom. The molecule has 3 heterocycles. The average molecular weight is 605 g/mol. The molecule has 0 bridgehead atoms. The lowest BCUT2D eigenvalue weighted by Crippen LogP contribution is -2.16. The van der Waals surface area contributed by atoms with Gasteiger partial charge in [0.2, 0.25) is 0 Å². The summed E-state index contributed by atoms with van der Waals surface area (Å²) in [5.74, 6) is 1.71. The number of aromatic nitrogens is 4. The predicted octanol–water partition coefficient (Wildman–Crippen LogP) is 7.24. The minimum absolute atomic E-state index is 0.180. The van der Waals surface area contributed by atoms with E-state index in [1.54, 1.807) is 11.8 Å². The molecule has 0 N–H and O–H groups in total. The van der Waals surface area contributed by atoms with E-state index in [-0.39, 0.29) is 6.10 Å². The fourth-order valence-electron chi connectivity index (χ4n) is 4.60. The number of pyridine rings is 1. The van der Waals surface area contributed by atoms with Crippen molar-refractivity contribution < 1.29 is 4.74 Å². The SMILES string of the molecule is Ic1ccc(CSc2nnc(-c3cc(-c4ccccc4)nc4ccccc34)n2C[C@@H]2CCCO2)cc1. The van der Waals surface area contributed by atoms with Crippen LogP contribution in [0.5, 0.6) is 0 Å². The molecule has 0 spiro atoms. The first-order valence-corrected chi connectivity index (χ1v) is 14.2. The van der Waals surface area contributed by atoms with Crippen molar-refractivity contribution >= 4 is 45.3 Å². The smallest absolute Gasteiger partial charge is 0.191 e. The van der Waals surface area contributed by atoms with Crippen LogP contribution in [0.4, 0.5) is 0 Å². The largest absolute Gasteiger partial charge is 0.376 e. The zero-order valence-corrected chi connectivity index (χ0v) is 22.7. The Kier molecular flexibility index (Phi) is 7.03. The molecule has 1 fully saturated rings. The van der Waals surface area contributed by atoms with Crippen molar-refractivity contribution in [3.05, 3.63) is 94.1 Å². The van der Waals surface area contributed by atoms with Crippen LogP contribution in [0.25, 0.3) is 33.5 Å². The third-order valence-corrected chi connectivity index (χ3v) is 8.19. The Bertz CT molecular complexity index is 1480. The van der Waals surface area contributed by atoms with Gasteiger partial charge in [-0.15, -0.1) is 10.2 Å². The highest BCUT2D eigenvalue weighted by atomic mass is 127. The molecule has 0 radical (unpaired) electrons. The van der Waals surface area contributed by atoms with Crippen molar-refractivity contribution in [1.82, 2.24) is 19.7 Å². The highest BCUT2D eigenvalue weighted by Gasteiger charge is 2.23. The van der Waals surface area contributed by atoms with E-state index >= 15 is 0 Å². The number of nitrogens with zero attached hydrogens (tertiary/aromatic N) is 4. The van der Waals surface area contributed by atoms with Gasteiger partial charge in [0.05, 0.1) is 23.9 Å². The minimum atomic E-state index is 0.180. The number of hydrogen-bond donors (Lipinski definition) is 0. The number of ether oxygens (including phenoxy) is 1. The second kappa shape index (κ2) is 10.7. The van der Waals surface area contributed by atoms with Gasteiger partial charge in [0.15, 0.2) is 11.0 Å². The Morgan fingerprint density at radius 1 is 0.944 bits per heavy atom. The highest BCUT2D eigenvalue weighted by Crippen LogP contribution is 2.34. The molecule has 5 nitrogen and oxygen atoms in total. The maximum atomic E-state index is 6.03. The van der Waals surface area contributed by atoms with Gasteiger partial charge in [-0.2, -0.15) is 0 Å². The second-order valence-corrected chi connectivity index (χ2v) is 11.1. The van der Waals surface area contributed by atoms with Crippen LogP contribution in [-0.4, -0.2) is 32.5 Å². The van der Waals surface area contributed by atoms with E-state index in [2.05, 4.69) is 92.9 Å². The van der Waals surface area contributed by atoms with Crippen LogP contribution < -0.4 is 0 Å². The third kappa shape index (κ3) is 5.05. The molecule has 36 heavy (non-hydrogen) atoms. The van der Waals surface area contributed by atoms with Crippen LogP contribution in [0.1, 0.15) is 18.4 Å². The lowest BCUT2D eigenvalue weighted by atomic mass is 10.0. The van der Waals surface area contributed by atoms with Crippen LogP contribution in [0.2, 0.25) is 0 Å². The lowest BCUT2D eigenvalue weighted by Gasteiger charge is -2.16. The first kappa shape index (κ1) is 23.6. The van der Waals surface area contributed by atoms with Gasteiger partial charge in [-0.25, -0.2) is 4.98 Å². The number of para-hydroxylation sites is 1. The normalized spacial score (nSPS) is 15.5. The number of rotatable bonds is 7. The Morgan fingerprint density at radius 3 is 2.56 bits per heavy atom. The van der Waals surface area contributed by atoms with Gasteiger partial charge in [-0.1, -0.05) is 72.4 Å². The lowest BCUT2D eigenvalue weighted by molar-refractivity contribution is 0.0953. The summed E-state index contributed by atoms with van der Waals surface area (Å²) in [7, 11) is 0. The summed E-state index contributed by atoms with van der Waals surface area (Å²) in [5.41, 5.74) is 5.29. The van der Waals surface area contributed by atoms with Crippen molar-refractivity contribution in [3.63, 3.8) is 0 Å². The number of halogens is 1. The number of fused-ring (bicyclic) bond motifs is 1. The van der Waals surface area contributed by atoms with Crippen molar-refractivity contribution in [2.45, 2.75) is 36.4 Å². The van der Waals surface area contributed by atoms with E-state index in [0.29, 0.717) is 0 Å². The fraction of sp³-hybridized carbons (Fsp3) is 0.207. The first-order chi connectivity index (χ1) is 17.7. The van der Waals surface area contributed by atoms with Crippen LogP contribution in [0.15, 0.2) is 90.1 Å². The molecule has 180 valence electrons. The summed E-state index contributed by atoms with van der Waals surface area (Å²) >= 11 is 4.07. The molecule has 0 aliphatic carbocycles. The maximum absolute atomic E-state index is 6.03. The zero-order valence-electron chi connectivity index (χ0n) is 19.7. The van der Waals surface area contributed by atoms with Crippen LogP contribution >= 0.6 is 34.4 Å². The molecule has 1 aliphatic rings. The molecule has 1 saturated heterocycles. The summed E-state index contributed by atoms with van der Waals surface area (Å²) in [5, 5.41) is 11.4. The van der Waals surface area contributed by atoms with Crippen molar-refractivity contribution in [3.8, 4) is 22.6 Å². The third-order valence-electron chi connectivity index (χ3n) is 6.43. The molecule has 2 aromatic heterocycles. The van der Waals surface area contributed by atoms with E-state index in [0.717, 1.165) is 70.5 Å². The van der Waals surface area contributed by atoms with Crippen LogP contribution in [0, 0.1) is 3.57 Å². The predicted molar refractivity (Wildman–Crippen MR) is 154 cm³/mol. The van der Waals surface area contributed by atoms with Crippen molar-refractivity contribution in [2.75, 3.05) is 6.61 Å². The van der Waals surface area contributed by atoms with Gasteiger partial charge in [-0.05, 0) is 65.3 Å². The van der Waals surface area contributed by atoms with Gasteiger partial charge in [0.25, 0.3) is 0 Å². The number of hydrogen-bond acceptors (Lipinski definition) is 5. The Hall–Kier alpha value is -2.75. The Balaban J connectivity index is 1.44. The average Bonchev–Trinajstić information content (AvgIpc) is 3.59. The summed E-state index contributed by atoms with van der Waals surface area (Å²) in [6.07, 6.45) is 2.34. The number of benzene rings is 3. The molecule has 7 heteroatoms. The maximum Gasteiger partial charge on any atom is 0.191 e. The van der Waals surface area contributed by atoms with Gasteiger partial charge in [0.1, 0.15) is 0 Å². The van der Waals surface area contributed by atoms with E-state index in [1.807, 2.05) is 24.3 Å². The molecule has 1 atom stereocenters. The Labute approximate surface area is 228 Å². The number of thioether (sulfide) groups is 1. The standard InChI is InChI=1S/C29H25IN4OS/c30-22-14-12-20(13-15-22)19-36-29-33-32-28(34(29)18-23-9-6-16-35-23)25-17-27(21-7-2-1-3-8-21)31-26-11-5-4-10-24(25)26/h1-5,7-8,10-15,17,23H,6,9,16,18-19H2/t23-/m0/s1. The zero-order chi connectivity index (χ0) is 24.3. The van der Waals surface area contributed by atoms with Crippen molar-refractivity contribution in [2.24, 2.45) is 0 Å². The quantitative estimate of drug-likeness (QED) is 0.145. The summed E-state index contributed by atoms with van der Waals surface area (Å²) in [4.78, 5) is 4.97. The molecule has 6 rings (SSSR count). The highest BCUT2D eigenvalue weighted by molar-refractivity contribution is 14.1. The molecule has 3 aromatic carbocycles. The minimum Gasteiger partial charge on any atom is -0.376 e. The fourth-order valence-corrected chi connectivity index (χ4v) is 5.86. The van der Waals surface area contributed by atoms with Gasteiger partial charge < -0.3 is 4.74 Å². The van der Waals surface area contributed by atoms with Gasteiger partial charge >= 0.3 is 0 Å². The van der Waals surface area contributed by atoms with E-state index in [4.69, 9.17) is 14.8 Å². The van der Waals surface area contributed by atoms with Crippen molar-refractivity contribution in [1.29, 1.82) is 0 Å². The monoisotopic (exact) mass is 604 g/mol. The van der Waals surface area contributed by atoms with E-state index in [9.17, 15) is 0 Å². The molecule has 0 amide bonds. The van der Waals surface area contributed by atoms with Crippen LogP contribution in [0.3, 0.4) is 0 Å². The van der Waals surface area contributed by atoms with Gasteiger partial charge in [-0.3, -0.25) is 4.57 Å². The molecule has 5 aromatic rings. The second-order valence-electron chi connectivity index (χ2n) is 8.91. The molecular formula is C29H25IN4OS. The molecular weight excluding hydrogens is 579 g/mol. The first-order valence-electron chi connectivity index (χ1n) is 12.1. The summed E-state index contributed by atoms with van der Waals surface area (Å²) < 4.78 is 9.52. The van der Waals surface area contributed by atoms with Crippen LogP contribution in [-0.2, 0) is 17.0 Å². The topological polar surface area (TPSA) is 52.8 Å². The van der Waals surface area contributed by atoms with Gasteiger partial charge in [0, 0.05) is 32.4 Å². The molecule has 0 saturated carbocycles.